The predicted molar refractivity (Wildman–Crippen MR) is 113 cm³/mol. The number of carbonyl (C=O) groups excluding carboxylic acids is 3. The molecule has 0 N–H and O–H groups in total. The summed E-state index contributed by atoms with van der Waals surface area (Å²) in [7, 11) is 13.5. The molecule has 0 aromatic heterocycles. The first kappa shape index (κ1) is 49.6. The Labute approximate surface area is 152 Å². The van der Waals surface area contributed by atoms with Crippen LogP contribution in [0.4, 0.5) is 0 Å². The Morgan fingerprint density at radius 3 is 0.455 bits per heavy atom. The van der Waals surface area contributed by atoms with Gasteiger partial charge in [-0.15, -0.1) is 0 Å². The van der Waals surface area contributed by atoms with Gasteiger partial charge < -0.3 is 14.4 Å². The van der Waals surface area contributed by atoms with Crippen molar-refractivity contribution in [1.82, 2.24) is 0 Å². The van der Waals surface area contributed by atoms with Crippen LogP contribution >= 0.6 is 0 Å². The molecule has 6 radical (unpaired) electrons. The molecule has 3 nitrogen and oxygen atoms in total. The van der Waals surface area contributed by atoms with Gasteiger partial charge in [0.2, 0.25) is 0 Å². The van der Waals surface area contributed by atoms with Gasteiger partial charge in [0.15, 0.2) is 0 Å². The van der Waals surface area contributed by atoms with Crippen molar-refractivity contribution in [3.63, 3.8) is 0 Å². The molecule has 6 heteroatoms. The summed E-state index contributed by atoms with van der Waals surface area (Å²) >= 11 is 0. The van der Waals surface area contributed by atoms with E-state index in [4.69, 9.17) is 18.5 Å². The third-order valence-corrected chi connectivity index (χ3v) is 0. The average molecular weight is 324 g/mol. The van der Waals surface area contributed by atoms with E-state index in [2.05, 4.69) is 23.5 Å². The molecular weight excluding hydrogens is 273 g/mol. The largest absolute Gasteiger partial charge is 0.307 e. The lowest BCUT2D eigenvalue weighted by Crippen LogP contribution is -1.13. The number of hydrogen-bond donors (Lipinski definition) is 0. The van der Waals surface area contributed by atoms with Crippen molar-refractivity contribution in [2.24, 2.45) is 0 Å². The Morgan fingerprint density at radius 2 is 0.455 bits per heavy atom. The first-order valence-corrected chi connectivity index (χ1v) is 7.44. The van der Waals surface area contributed by atoms with Crippen LogP contribution in [0.2, 0.25) is 20.5 Å². The fourth-order valence-electron chi connectivity index (χ4n) is 0. The van der Waals surface area contributed by atoms with Gasteiger partial charge in [-0.3, -0.25) is 0 Å². The Balaban J connectivity index is -0.00000000965. The van der Waals surface area contributed by atoms with Gasteiger partial charge in [-0.1, -0.05) is 89.7 Å². The van der Waals surface area contributed by atoms with Crippen molar-refractivity contribution in [3.8, 4) is 0 Å². The van der Waals surface area contributed by atoms with E-state index in [1.807, 2.05) is 69.2 Å². The molecule has 0 saturated heterocycles. The molecule has 0 aromatic carbocycles. The lowest BCUT2D eigenvalue weighted by Gasteiger charge is -1.07. The number of rotatable bonds is 0. The third-order valence-electron chi connectivity index (χ3n) is 0. The molecular formula is C16H45B3O3. The third kappa shape index (κ3) is 10100. The Kier molecular flexibility index (Phi) is 26600. The SMILES string of the molecule is CC.CC.CC.CC.CC.[3H]C=O.[3H]C=O.[3H]C=O.[B]C.[B]C.[B]C. The van der Waals surface area contributed by atoms with Gasteiger partial charge in [0.25, 0.3) is 0 Å². The average Bonchev–Trinajstić information content (AvgIpc) is 2.75. The summed E-state index contributed by atoms with van der Waals surface area (Å²) < 4.78 is 16.6. The van der Waals surface area contributed by atoms with Crippen molar-refractivity contribution in [2.45, 2.75) is 89.7 Å². The van der Waals surface area contributed by atoms with Crippen LogP contribution in [0.25, 0.3) is 0 Å². The van der Waals surface area contributed by atoms with Gasteiger partial charge >= 0.3 is 0 Å². The molecule has 0 aromatic rings. The molecule has 136 valence electrons. The number of carbonyl (C=O) groups is 3. The molecule has 0 amide bonds. The van der Waals surface area contributed by atoms with Crippen LogP contribution in [0.5, 0.6) is 0 Å². The van der Waals surface area contributed by atoms with Crippen LogP contribution in [-0.2, 0) is 14.4 Å². The molecule has 22 heavy (non-hydrogen) atoms. The Bertz CT molecular complexity index is 74.6. The van der Waals surface area contributed by atoms with Crippen LogP contribution in [-0.4, -0.2) is 43.8 Å². The predicted octanol–water partition coefficient (Wildman–Crippen LogP) is 5.19. The van der Waals surface area contributed by atoms with Crippen molar-refractivity contribution in [3.05, 3.63) is 0 Å². The minimum Gasteiger partial charge on any atom is -0.307 e. The van der Waals surface area contributed by atoms with Crippen LogP contribution < -0.4 is 0 Å². The molecule has 0 spiro atoms. The van der Waals surface area contributed by atoms with Crippen molar-refractivity contribution in [2.75, 3.05) is 0 Å². The monoisotopic (exact) mass is 324 g/mol. The second-order valence-corrected chi connectivity index (χ2v) is 0. The van der Waals surface area contributed by atoms with E-state index < -0.39 is 0 Å². The van der Waals surface area contributed by atoms with Crippen LogP contribution in [0.1, 0.15) is 73.3 Å². The van der Waals surface area contributed by atoms with E-state index in [9.17, 15) is 0 Å². The first-order chi connectivity index (χ1) is 12.2. The molecule has 0 saturated carbocycles. The summed E-state index contributed by atoms with van der Waals surface area (Å²) in [6.07, 6.45) is 0. The molecule has 0 unspecified atom stereocenters. The standard InChI is InChI=1S/5C2H6.3CH3B.3CH2O/c11*1-2/h5*1-2H3;3*1H3;3*1H2/i;;;;;;;;3*1T. The Morgan fingerprint density at radius 1 is 0.455 bits per heavy atom. The van der Waals surface area contributed by atoms with Gasteiger partial charge in [0.05, 0.1) is 23.5 Å². The number of hydrogen-bond acceptors (Lipinski definition) is 3. The van der Waals surface area contributed by atoms with Gasteiger partial charge in [-0.2, -0.15) is 0 Å². The van der Waals surface area contributed by atoms with Crippen molar-refractivity contribution >= 4 is 43.8 Å². The van der Waals surface area contributed by atoms with Crippen LogP contribution in [0.15, 0.2) is 0 Å². The topological polar surface area (TPSA) is 51.2 Å². The van der Waals surface area contributed by atoms with E-state index in [1.54, 1.807) is 0 Å². The summed E-state index contributed by atoms with van der Waals surface area (Å²) in [5.74, 6) is 0. The molecule has 0 bridgehead atoms. The maximum Gasteiger partial charge on any atom is 0.106 e. The Hall–Kier alpha value is -0.795. The molecule has 0 aliphatic heterocycles. The molecule has 0 aliphatic carbocycles. The van der Waals surface area contributed by atoms with E-state index in [0.717, 1.165) is 0 Å². The molecule has 0 aliphatic rings. The first-order valence-electron chi connectivity index (χ1n) is 9.17. The highest BCUT2D eigenvalue weighted by atomic mass is 16.1. The highest BCUT2D eigenvalue weighted by Gasteiger charge is 0.989. The van der Waals surface area contributed by atoms with Crippen LogP contribution in [0.3, 0.4) is 0 Å². The van der Waals surface area contributed by atoms with E-state index in [0.29, 0.717) is 0 Å². The lowest BCUT2D eigenvalue weighted by molar-refractivity contribution is -0.0987. The van der Waals surface area contributed by atoms with E-state index in [1.165, 1.54) is 20.5 Å². The minimum absolute atomic E-state index is 0. The zero-order valence-corrected chi connectivity index (χ0v) is 17.7. The normalized spacial score (nSPS) is 3.95. The van der Waals surface area contributed by atoms with E-state index >= 15 is 0 Å². The zero-order valence-electron chi connectivity index (χ0n) is 20.7. The molecule has 0 atom stereocenters. The van der Waals surface area contributed by atoms with Gasteiger partial charge in [0, 0.05) is 0 Å². The van der Waals surface area contributed by atoms with Gasteiger partial charge in [-0.25, -0.2) is 0 Å². The van der Waals surface area contributed by atoms with Crippen LogP contribution in [0, 0.1) is 0 Å². The summed E-state index contributed by atoms with van der Waals surface area (Å²) in [6, 6.07) is 0. The lowest BCUT2D eigenvalue weighted by atomic mass is 10.2. The fourth-order valence-corrected chi connectivity index (χ4v) is 0. The quantitative estimate of drug-likeness (QED) is 0.577. The summed E-state index contributed by atoms with van der Waals surface area (Å²) in [6.45, 7) is 24.5. The summed E-state index contributed by atoms with van der Waals surface area (Å²) in [5.41, 5.74) is 0. The fraction of sp³-hybridized carbons (Fsp3) is 0.812. The van der Waals surface area contributed by atoms with Gasteiger partial charge in [0.1, 0.15) is 24.4 Å². The molecule has 0 rings (SSSR count). The van der Waals surface area contributed by atoms with Crippen molar-refractivity contribution < 1.29 is 18.5 Å². The zero-order chi connectivity index (χ0) is 24.1. The molecule has 0 heterocycles. The highest BCUT2D eigenvalue weighted by Crippen LogP contribution is 1.15. The minimum atomic E-state index is 0. The summed E-state index contributed by atoms with van der Waals surface area (Å²) in [4.78, 5) is 25.4. The summed E-state index contributed by atoms with van der Waals surface area (Å²) in [5, 5.41) is 0. The maximum absolute atomic E-state index is 8.47. The second kappa shape index (κ2) is 11800. The van der Waals surface area contributed by atoms with E-state index in [-0.39, 0.29) is 20.3 Å². The highest BCUT2D eigenvalue weighted by molar-refractivity contribution is 6.05. The van der Waals surface area contributed by atoms with Gasteiger partial charge in [-0.05, 0) is 0 Å². The van der Waals surface area contributed by atoms with Crippen molar-refractivity contribution in [1.29, 1.82) is 0 Å². The maximum atomic E-state index is 8.47. The smallest absolute Gasteiger partial charge is 0.106 e. The second-order valence-electron chi connectivity index (χ2n) is 0. The molecule has 0 fully saturated rings.